The fourth-order valence-corrected chi connectivity index (χ4v) is 4.78. The van der Waals surface area contributed by atoms with Gasteiger partial charge in [-0.25, -0.2) is 8.78 Å². The summed E-state index contributed by atoms with van der Waals surface area (Å²) in [5.41, 5.74) is -3.84. The van der Waals surface area contributed by atoms with Gasteiger partial charge in [-0.2, -0.15) is 26.3 Å². The van der Waals surface area contributed by atoms with Crippen molar-refractivity contribution in [2.75, 3.05) is 0 Å². The van der Waals surface area contributed by atoms with Crippen LogP contribution in [0.3, 0.4) is 0 Å². The van der Waals surface area contributed by atoms with Crippen molar-refractivity contribution in [3.05, 3.63) is 64.5 Å². The number of likely N-dealkylation sites (tertiary alicyclic amines) is 1. The molecule has 1 saturated heterocycles. The second-order valence-electron chi connectivity index (χ2n) is 9.78. The van der Waals surface area contributed by atoms with Gasteiger partial charge in [0.2, 0.25) is 5.91 Å². The molecule has 2 fully saturated rings. The maximum Gasteiger partial charge on any atom is 0.419 e. The van der Waals surface area contributed by atoms with Crippen LogP contribution in [0.15, 0.2) is 30.5 Å². The summed E-state index contributed by atoms with van der Waals surface area (Å²) in [7, 11) is 0. The summed E-state index contributed by atoms with van der Waals surface area (Å²) in [5, 5.41) is 2.56. The predicted octanol–water partition coefficient (Wildman–Crippen LogP) is 5.90. The maximum atomic E-state index is 14.7. The van der Waals surface area contributed by atoms with E-state index in [9.17, 15) is 44.7 Å². The van der Waals surface area contributed by atoms with Gasteiger partial charge in [-0.1, -0.05) is 6.92 Å². The van der Waals surface area contributed by atoms with E-state index < -0.39 is 76.3 Å². The van der Waals surface area contributed by atoms with E-state index in [4.69, 9.17) is 0 Å². The highest BCUT2D eigenvalue weighted by molar-refractivity contribution is 5.97. The highest BCUT2D eigenvalue weighted by Crippen LogP contribution is 2.44. The molecule has 1 aliphatic heterocycles. The zero-order chi connectivity index (χ0) is 28.2. The zero-order valence-corrected chi connectivity index (χ0v) is 20.1. The molecule has 5 nitrogen and oxygen atoms in total. The molecule has 1 aromatic heterocycles. The van der Waals surface area contributed by atoms with Gasteiger partial charge in [0.05, 0.1) is 17.2 Å². The van der Waals surface area contributed by atoms with Gasteiger partial charge in [-0.05, 0) is 62.3 Å². The minimum absolute atomic E-state index is 0.0427. The second kappa shape index (κ2) is 9.81. The molecule has 0 bridgehead atoms. The molecule has 38 heavy (non-hydrogen) atoms. The molecular formula is C25H23F8N3O2. The smallest absolute Gasteiger partial charge is 0.347 e. The number of hydrogen-bond donors (Lipinski definition) is 1. The number of amides is 2. The quantitative estimate of drug-likeness (QED) is 0.473. The summed E-state index contributed by atoms with van der Waals surface area (Å²) in [6.07, 6.45) is -7.88. The first kappa shape index (κ1) is 27.8. The molecule has 2 aromatic rings. The molecule has 1 saturated carbocycles. The predicted molar refractivity (Wildman–Crippen MR) is 117 cm³/mol. The zero-order valence-electron chi connectivity index (χ0n) is 20.1. The lowest BCUT2D eigenvalue weighted by molar-refractivity contribution is -0.140. The van der Waals surface area contributed by atoms with E-state index in [0.29, 0.717) is 31.0 Å². The van der Waals surface area contributed by atoms with Gasteiger partial charge < -0.3 is 10.2 Å². The van der Waals surface area contributed by atoms with E-state index in [0.717, 1.165) is 11.1 Å². The Hall–Kier alpha value is -3.25. The number of nitrogens with zero attached hydrogens (tertiary/aromatic N) is 2. The van der Waals surface area contributed by atoms with Gasteiger partial charge in [0.15, 0.2) is 0 Å². The molecule has 0 radical (unpaired) electrons. The van der Waals surface area contributed by atoms with E-state index in [1.54, 1.807) is 13.8 Å². The fourth-order valence-electron chi connectivity index (χ4n) is 4.78. The van der Waals surface area contributed by atoms with Crippen LogP contribution in [0.5, 0.6) is 0 Å². The minimum Gasteiger partial charge on any atom is -0.347 e. The van der Waals surface area contributed by atoms with Crippen LogP contribution < -0.4 is 5.32 Å². The molecule has 4 rings (SSSR count). The van der Waals surface area contributed by atoms with E-state index >= 15 is 0 Å². The average Bonchev–Trinajstić information content (AvgIpc) is 3.62. The van der Waals surface area contributed by atoms with Crippen molar-refractivity contribution in [1.29, 1.82) is 0 Å². The molecule has 2 heterocycles. The summed E-state index contributed by atoms with van der Waals surface area (Å²) in [5.74, 6) is -5.34. The van der Waals surface area contributed by atoms with Crippen LogP contribution >= 0.6 is 0 Å². The first-order valence-electron chi connectivity index (χ1n) is 11.8. The average molecular weight is 549 g/mol. The van der Waals surface area contributed by atoms with Gasteiger partial charge in [-0.15, -0.1) is 0 Å². The van der Waals surface area contributed by atoms with Crippen LogP contribution in [0, 0.1) is 23.5 Å². The summed E-state index contributed by atoms with van der Waals surface area (Å²) >= 11 is 0. The third-order valence-corrected chi connectivity index (χ3v) is 7.15. The van der Waals surface area contributed by atoms with Crippen molar-refractivity contribution in [1.82, 2.24) is 15.2 Å². The highest BCUT2D eigenvalue weighted by Gasteiger charge is 2.46. The Bertz CT molecular complexity index is 1240. The number of alkyl halides is 6. The Morgan fingerprint density at radius 3 is 2.24 bits per heavy atom. The molecule has 13 heteroatoms. The summed E-state index contributed by atoms with van der Waals surface area (Å²) < 4.78 is 107. The highest BCUT2D eigenvalue weighted by atomic mass is 19.4. The SMILES string of the molecule is C[C@@H]1C[C@H](C(=O)NC(c2cc(F)c(C(F)(F)F)cc2F)C2CC2)N(C(=O)c2cc(C(F)(F)F)ccn2)[C@@H]1C. The molecular weight excluding hydrogens is 526 g/mol. The molecule has 1 aromatic carbocycles. The van der Waals surface area contributed by atoms with Crippen molar-refractivity contribution in [3.8, 4) is 0 Å². The summed E-state index contributed by atoms with van der Waals surface area (Å²) in [6, 6.07) is -1.16. The molecule has 2 amide bonds. The van der Waals surface area contributed by atoms with Gasteiger partial charge in [0.1, 0.15) is 23.4 Å². The van der Waals surface area contributed by atoms with Crippen LogP contribution in [-0.4, -0.2) is 33.8 Å². The van der Waals surface area contributed by atoms with Crippen LogP contribution in [0.1, 0.15) is 66.3 Å². The van der Waals surface area contributed by atoms with Gasteiger partial charge in [0, 0.05) is 17.8 Å². The Balaban J connectivity index is 1.62. The Kier molecular flexibility index (Phi) is 7.17. The normalized spacial score (nSPS) is 22.9. The standard InChI is InChI=1S/C25H23F8N3O2/c1-11-7-20(36(12(11)2)23(38)19-8-14(5-6-34-19)24(28,29)30)22(37)35-21(13-3-4-13)15-9-18(27)16(10-17(15)26)25(31,32)33/h5-6,8-13,20-21H,3-4,7H2,1-2H3,(H,35,37)/t11-,12-,20-,21?/m1/s1. The van der Waals surface area contributed by atoms with E-state index in [-0.39, 0.29) is 24.3 Å². The molecule has 206 valence electrons. The Labute approximate surface area is 212 Å². The number of carbonyl (C=O) groups excluding carboxylic acids is 2. The molecule has 1 aliphatic carbocycles. The maximum absolute atomic E-state index is 14.7. The molecule has 1 N–H and O–H groups in total. The summed E-state index contributed by atoms with van der Waals surface area (Å²) in [4.78, 5) is 31.4. The van der Waals surface area contributed by atoms with Crippen molar-refractivity contribution >= 4 is 11.8 Å². The van der Waals surface area contributed by atoms with Gasteiger partial charge in [0.25, 0.3) is 5.91 Å². The fraction of sp³-hybridized carbons (Fsp3) is 0.480. The van der Waals surface area contributed by atoms with Gasteiger partial charge >= 0.3 is 12.4 Å². The largest absolute Gasteiger partial charge is 0.419 e. The van der Waals surface area contributed by atoms with Crippen LogP contribution in [-0.2, 0) is 17.1 Å². The van der Waals surface area contributed by atoms with Crippen LogP contribution in [0.4, 0.5) is 35.1 Å². The number of nitrogens with one attached hydrogen (secondary N) is 1. The lowest BCUT2D eigenvalue weighted by Gasteiger charge is -2.30. The lowest BCUT2D eigenvalue weighted by atomic mass is 9.98. The molecule has 2 aliphatic rings. The number of halogens is 8. The van der Waals surface area contributed by atoms with Crippen LogP contribution in [0.2, 0.25) is 0 Å². The molecule has 4 atom stereocenters. The monoisotopic (exact) mass is 549 g/mol. The first-order valence-corrected chi connectivity index (χ1v) is 11.8. The van der Waals surface area contributed by atoms with Crippen molar-refractivity contribution in [2.45, 2.75) is 63.6 Å². The first-order chi connectivity index (χ1) is 17.6. The van der Waals surface area contributed by atoms with E-state index in [1.807, 2.05) is 0 Å². The van der Waals surface area contributed by atoms with Crippen LogP contribution in [0.25, 0.3) is 0 Å². The van der Waals surface area contributed by atoms with Crippen molar-refractivity contribution in [3.63, 3.8) is 0 Å². The van der Waals surface area contributed by atoms with Gasteiger partial charge in [-0.3, -0.25) is 14.6 Å². The molecule has 0 spiro atoms. The van der Waals surface area contributed by atoms with Crippen molar-refractivity contribution < 1.29 is 44.7 Å². The topological polar surface area (TPSA) is 62.3 Å². The number of aromatic nitrogens is 1. The summed E-state index contributed by atoms with van der Waals surface area (Å²) in [6.45, 7) is 3.35. The van der Waals surface area contributed by atoms with E-state index in [2.05, 4.69) is 10.3 Å². The number of hydrogen-bond acceptors (Lipinski definition) is 3. The number of benzene rings is 1. The minimum atomic E-state index is -5.11. The molecule has 1 unspecified atom stereocenters. The number of rotatable bonds is 5. The third kappa shape index (κ3) is 5.46. The Morgan fingerprint density at radius 2 is 1.66 bits per heavy atom. The second-order valence-corrected chi connectivity index (χ2v) is 9.78. The Morgan fingerprint density at radius 1 is 1.00 bits per heavy atom. The lowest BCUT2D eigenvalue weighted by Crippen LogP contribution is -2.49. The third-order valence-electron chi connectivity index (χ3n) is 7.15. The van der Waals surface area contributed by atoms with Crippen molar-refractivity contribution in [2.24, 2.45) is 11.8 Å². The van der Waals surface area contributed by atoms with E-state index in [1.165, 1.54) is 0 Å². The number of carbonyl (C=O) groups is 2. The number of pyridine rings is 1.